The molecule has 6 nitrogen and oxygen atoms in total. The smallest absolute Gasteiger partial charge is 0.407 e. The molecule has 0 saturated carbocycles. The lowest BCUT2D eigenvalue weighted by atomic mass is 9.93. The highest BCUT2D eigenvalue weighted by Crippen LogP contribution is 2.26. The van der Waals surface area contributed by atoms with Crippen molar-refractivity contribution in [3.8, 4) is 0 Å². The lowest BCUT2D eigenvalue weighted by molar-refractivity contribution is 0.0995. The predicted octanol–water partition coefficient (Wildman–Crippen LogP) is 1.04. The van der Waals surface area contributed by atoms with Crippen LogP contribution in [0.25, 0.3) is 0 Å². The first-order valence-electron chi connectivity index (χ1n) is 5.82. The van der Waals surface area contributed by atoms with E-state index in [1.165, 1.54) is 4.90 Å². The van der Waals surface area contributed by atoms with Gasteiger partial charge in [0.1, 0.15) is 5.69 Å². The van der Waals surface area contributed by atoms with Crippen LogP contribution in [-0.2, 0) is 0 Å². The molecule has 1 aromatic rings. The average molecular weight is 249 g/mol. The maximum atomic E-state index is 11.1. The summed E-state index contributed by atoms with van der Waals surface area (Å²) in [5.74, 6) is -0.347. The quantitative estimate of drug-likeness (QED) is 0.818. The summed E-state index contributed by atoms with van der Waals surface area (Å²) in [5, 5.41) is 8.86. The molecule has 1 saturated heterocycles. The lowest BCUT2D eigenvalue weighted by Crippen LogP contribution is -2.37. The minimum absolute atomic E-state index is 0.194. The van der Waals surface area contributed by atoms with Gasteiger partial charge in [-0.1, -0.05) is 6.07 Å². The molecule has 0 atom stereocenters. The molecule has 0 aliphatic carbocycles. The number of piperidine rings is 1. The standard InChI is InChI=1S/C12H15N3O3/c13-11(16)10-3-1-2-9(14-10)8-4-6-15(7-5-8)12(17)18/h1-3,8H,4-7H2,(H2,13,16)(H,17,18). The number of rotatable bonds is 2. The van der Waals surface area contributed by atoms with Gasteiger partial charge in [0.15, 0.2) is 0 Å². The summed E-state index contributed by atoms with van der Waals surface area (Å²) in [6.45, 7) is 1.00. The van der Waals surface area contributed by atoms with Crippen molar-refractivity contribution < 1.29 is 14.7 Å². The van der Waals surface area contributed by atoms with E-state index in [4.69, 9.17) is 10.8 Å². The minimum Gasteiger partial charge on any atom is -0.465 e. The van der Waals surface area contributed by atoms with Gasteiger partial charge in [-0.2, -0.15) is 0 Å². The van der Waals surface area contributed by atoms with Crippen molar-refractivity contribution in [3.05, 3.63) is 29.6 Å². The third-order valence-electron chi connectivity index (χ3n) is 3.21. The van der Waals surface area contributed by atoms with Gasteiger partial charge in [0.25, 0.3) is 5.91 Å². The van der Waals surface area contributed by atoms with Crippen LogP contribution in [0.1, 0.15) is 34.9 Å². The first-order valence-corrected chi connectivity index (χ1v) is 5.82. The predicted molar refractivity (Wildman–Crippen MR) is 64.3 cm³/mol. The van der Waals surface area contributed by atoms with Crippen LogP contribution in [0.4, 0.5) is 4.79 Å². The lowest BCUT2D eigenvalue weighted by Gasteiger charge is -2.29. The van der Waals surface area contributed by atoms with E-state index in [0.717, 1.165) is 18.5 Å². The number of nitrogens with zero attached hydrogens (tertiary/aromatic N) is 2. The minimum atomic E-state index is -0.882. The van der Waals surface area contributed by atoms with Gasteiger partial charge in [-0.05, 0) is 25.0 Å². The fourth-order valence-corrected chi connectivity index (χ4v) is 2.18. The highest BCUT2D eigenvalue weighted by molar-refractivity contribution is 5.90. The summed E-state index contributed by atoms with van der Waals surface area (Å²) in [6.07, 6.45) is 0.565. The van der Waals surface area contributed by atoms with Crippen molar-refractivity contribution in [2.75, 3.05) is 13.1 Å². The number of primary amides is 1. The highest BCUT2D eigenvalue weighted by Gasteiger charge is 2.24. The van der Waals surface area contributed by atoms with Crippen LogP contribution in [-0.4, -0.2) is 40.1 Å². The van der Waals surface area contributed by atoms with Crippen LogP contribution in [0.15, 0.2) is 18.2 Å². The molecular weight excluding hydrogens is 234 g/mol. The molecule has 96 valence electrons. The topological polar surface area (TPSA) is 96.5 Å². The molecular formula is C12H15N3O3. The molecule has 18 heavy (non-hydrogen) atoms. The maximum absolute atomic E-state index is 11.1. The normalized spacial score (nSPS) is 16.6. The monoisotopic (exact) mass is 249 g/mol. The second kappa shape index (κ2) is 5.03. The van der Waals surface area contributed by atoms with Crippen molar-refractivity contribution in [1.29, 1.82) is 0 Å². The van der Waals surface area contributed by atoms with Gasteiger partial charge in [-0.3, -0.25) is 4.79 Å². The van der Waals surface area contributed by atoms with Crippen LogP contribution in [0.2, 0.25) is 0 Å². The number of hydrogen-bond acceptors (Lipinski definition) is 3. The van der Waals surface area contributed by atoms with E-state index in [1.807, 2.05) is 6.07 Å². The zero-order chi connectivity index (χ0) is 13.1. The van der Waals surface area contributed by atoms with Gasteiger partial charge in [0.2, 0.25) is 0 Å². The number of carboxylic acid groups (broad SMARTS) is 1. The molecule has 0 spiro atoms. The number of aromatic nitrogens is 1. The van der Waals surface area contributed by atoms with Crippen molar-refractivity contribution >= 4 is 12.0 Å². The number of likely N-dealkylation sites (tertiary alicyclic amines) is 1. The van der Waals surface area contributed by atoms with Gasteiger partial charge >= 0.3 is 6.09 Å². The van der Waals surface area contributed by atoms with E-state index in [2.05, 4.69) is 4.98 Å². The molecule has 0 aromatic carbocycles. The van der Waals surface area contributed by atoms with E-state index in [0.29, 0.717) is 13.1 Å². The maximum Gasteiger partial charge on any atom is 0.407 e. The van der Waals surface area contributed by atoms with Gasteiger partial charge in [-0.15, -0.1) is 0 Å². The third kappa shape index (κ3) is 2.58. The Hall–Kier alpha value is -2.11. The molecule has 1 aliphatic rings. The van der Waals surface area contributed by atoms with Crippen LogP contribution in [0.3, 0.4) is 0 Å². The van der Waals surface area contributed by atoms with Crippen LogP contribution in [0, 0.1) is 0 Å². The van der Waals surface area contributed by atoms with Crippen molar-refractivity contribution in [1.82, 2.24) is 9.88 Å². The Balaban J connectivity index is 2.07. The summed E-state index contributed by atoms with van der Waals surface area (Å²) in [7, 11) is 0. The number of nitrogens with two attached hydrogens (primary N) is 1. The Morgan fingerprint density at radius 1 is 1.33 bits per heavy atom. The van der Waals surface area contributed by atoms with Gasteiger partial charge < -0.3 is 15.7 Å². The molecule has 0 unspecified atom stereocenters. The number of hydrogen-bond donors (Lipinski definition) is 2. The van der Waals surface area contributed by atoms with Crippen molar-refractivity contribution in [2.45, 2.75) is 18.8 Å². The molecule has 2 rings (SSSR count). The fraction of sp³-hybridized carbons (Fsp3) is 0.417. The number of carbonyl (C=O) groups is 2. The summed E-state index contributed by atoms with van der Waals surface area (Å²) >= 11 is 0. The SMILES string of the molecule is NC(=O)c1cccc(C2CCN(C(=O)O)CC2)n1. The van der Waals surface area contributed by atoms with Crippen LogP contribution >= 0.6 is 0 Å². The molecule has 1 fully saturated rings. The number of carbonyl (C=O) groups excluding carboxylic acids is 1. The Labute approximate surface area is 104 Å². The first-order chi connectivity index (χ1) is 8.58. The second-order valence-corrected chi connectivity index (χ2v) is 4.36. The molecule has 2 amide bonds. The van der Waals surface area contributed by atoms with Gasteiger partial charge in [-0.25, -0.2) is 9.78 Å². The Morgan fingerprint density at radius 3 is 2.56 bits per heavy atom. The molecule has 0 bridgehead atoms. The van der Waals surface area contributed by atoms with Crippen molar-refractivity contribution in [2.24, 2.45) is 5.73 Å². The average Bonchev–Trinajstić information content (AvgIpc) is 2.39. The van der Waals surface area contributed by atoms with Crippen LogP contribution < -0.4 is 5.73 Å². The zero-order valence-electron chi connectivity index (χ0n) is 9.87. The van der Waals surface area contributed by atoms with E-state index in [1.54, 1.807) is 12.1 Å². The van der Waals surface area contributed by atoms with E-state index < -0.39 is 12.0 Å². The van der Waals surface area contributed by atoms with Gasteiger partial charge in [0.05, 0.1) is 0 Å². The third-order valence-corrected chi connectivity index (χ3v) is 3.21. The molecule has 0 radical (unpaired) electrons. The Morgan fingerprint density at radius 2 is 2.00 bits per heavy atom. The largest absolute Gasteiger partial charge is 0.465 e. The van der Waals surface area contributed by atoms with E-state index in [9.17, 15) is 9.59 Å². The van der Waals surface area contributed by atoms with Crippen molar-refractivity contribution in [3.63, 3.8) is 0 Å². The zero-order valence-corrected chi connectivity index (χ0v) is 9.87. The van der Waals surface area contributed by atoms with E-state index in [-0.39, 0.29) is 11.6 Å². The summed E-state index contributed by atoms with van der Waals surface area (Å²) < 4.78 is 0. The summed E-state index contributed by atoms with van der Waals surface area (Å²) in [6, 6.07) is 5.19. The number of amides is 2. The van der Waals surface area contributed by atoms with Gasteiger partial charge in [0, 0.05) is 24.7 Å². The highest BCUT2D eigenvalue weighted by atomic mass is 16.4. The second-order valence-electron chi connectivity index (χ2n) is 4.36. The number of pyridine rings is 1. The Kier molecular flexibility index (Phi) is 3.45. The molecule has 1 aromatic heterocycles. The molecule has 6 heteroatoms. The van der Waals surface area contributed by atoms with E-state index >= 15 is 0 Å². The molecule has 2 heterocycles. The van der Waals surface area contributed by atoms with Crippen LogP contribution in [0.5, 0.6) is 0 Å². The first kappa shape index (κ1) is 12.3. The Bertz CT molecular complexity index is 467. The molecule has 1 aliphatic heterocycles. The summed E-state index contributed by atoms with van der Waals surface area (Å²) in [4.78, 5) is 27.5. The summed E-state index contributed by atoms with van der Waals surface area (Å²) in [5.41, 5.74) is 6.26. The fourth-order valence-electron chi connectivity index (χ4n) is 2.18. The molecule has 3 N–H and O–H groups in total.